The molecule has 0 bridgehead atoms. The van der Waals surface area contributed by atoms with Crippen molar-refractivity contribution in [2.24, 2.45) is 5.92 Å². The minimum absolute atomic E-state index is 0.481. The third-order valence-corrected chi connectivity index (χ3v) is 3.44. The molecule has 1 aromatic rings. The highest BCUT2D eigenvalue weighted by atomic mass is 35.5. The standard InChI is InChI=1S/C14H20ClNO/c1-11(16-9-13-5-6-17-10-13)7-12-3-2-4-14(15)8-12/h2-4,8,11,13,16H,5-7,9-10H2,1H3. The molecule has 1 aliphatic heterocycles. The van der Waals surface area contributed by atoms with Gasteiger partial charge >= 0.3 is 0 Å². The number of hydrogen-bond donors (Lipinski definition) is 1. The topological polar surface area (TPSA) is 21.3 Å². The predicted molar refractivity (Wildman–Crippen MR) is 71.5 cm³/mol. The maximum atomic E-state index is 5.97. The van der Waals surface area contributed by atoms with Crippen molar-refractivity contribution in [3.8, 4) is 0 Å². The average molecular weight is 254 g/mol. The van der Waals surface area contributed by atoms with Crippen LogP contribution in [0.25, 0.3) is 0 Å². The lowest BCUT2D eigenvalue weighted by Gasteiger charge is -2.16. The van der Waals surface area contributed by atoms with E-state index in [0.29, 0.717) is 12.0 Å². The monoisotopic (exact) mass is 253 g/mol. The van der Waals surface area contributed by atoms with Crippen molar-refractivity contribution < 1.29 is 4.74 Å². The Morgan fingerprint density at radius 3 is 3.12 bits per heavy atom. The van der Waals surface area contributed by atoms with Gasteiger partial charge in [0.15, 0.2) is 0 Å². The van der Waals surface area contributed by atoms with Gasteiger partial charge in [0.05, 0.1) is 6.61 Å². The Kier molecular flexibility index (Phi) is 4.84. The molecule has 2 atom stereocenters. The van der Waals surface area contributed by atoms with Gasteiger partial charge in [0.2, 0.25) is 0 Å². The lowest BCUT2D eigenvalue weighted by molar-refractivity contribution is 0.184. The van der Waals surface area contributed by atoms with Crippen molar-refractivity contribution in [3.63, 3.8) is 0 Å². The van der Waals surface area contributed by atoms with Crippen LogP contribution in [0.15, 0.2) is 24.3 Å². The van der Waals surface area contributed by atoms with E-state index in [-0.39, 0.29) is 0 Å². The summed E-state index contributed by atoms with van der Waals surface area (Å²) in [6.45, 7) is 5.12. The van der Waals surface area contributed by atoms with E-state index in [1.54, 1.807) is 0 Å². The smallest absolute Gasteiger partial charge is 0.0507 e. The number of rotatable bonds is 5. The van der Waals surface area contributed by atoms with Gasteiger partial charge in [0.1, 0.15) is 0 Å². The maximum Gasteiger partial charge on any atom is 0.0507 e. The molecule has 3 heteroatoms. The molecule has 1 aliphatic rings. The molecule has 2 unspecified atom stereocenters. The molecule has 17 heavy (non-hydrogen) atoms. The third kappa shape index (κ3) is 4.30. The quantitative estimate of drug-likeness (QED) is 0.871. The first-order chi connectivity index (χ1) is 8.24. The Bertz CT molecular complexity index is 350. The van der Waals surface area contributed by atoms with Gasteiger partial charge in [-0.3, -0.25) is 0 Å². The fourth-order valence-corrected chi connectivity index (χ4v) is 2.41. The molecule has 0 radical (unpaired) electrons. The Morgan fingerprint density at radius 2 is 2.41 bits per heavy atom. The van der Waals surface area contributed by atoms with E-state index in [0.717, 1.165) is 31.2 Å². The summed E-state index contributed by atoms with van der Waals surface area (Å²) in [5.74, 6) is 0.691. The summed E-state index contributed by atoms with van der Waals surface area (Å²) >= 11 is 5.97. The van der Waals surface area contributed by atoms with Crippen LogP contribution in [0, 0.1) is 5.92 Å². The molecule has 0 saturated carbocycles. The summed E-state index contributed by atoms with van der Waals surface area (Å²) < 4.78 is 5.37. The molecule has 0 spiro atoms. The molecule has 1 fully saturated rings. The Balaban J connectivity index is 1.74. The molecule has 0 aliphatic carbocycles. The van der Waals surface area contributed by atoms with E-state index >= 15 is 0 Å². The fourth-order valence-electron chi connectivity index (χ4n) is 2.20. The Morgan fingerprint density at radius 1 is 1.53 bits per heavy atom. The zero-order valence-corrected chi connectivity index (χ0v) is 11.0. The number of hydrogen-bond acceptors (Lipinski definition) is 2. The highest BCUT2D eigenvalue weighted by molar-refractivity contribution is 6.30. The second-order valence-electron chi connectivity index (χ2n) is 4.87. The Hall–Kier alpha value is -0.570. The van der Waals surface area contributed by atoms with E-state index in [2.05, 4.69) is 18.3 Å². The summed E-state index contributed by atoms with van der Waals surface area (Å²) in [7, 11) is 0. The fraction of sp³-hybridized carbons (Fsp3) is 0.571. The normalized spacial score (nSPS) is 21.6. The SMILES string of the molecule is CC(Cc1cccc(Cl)c1)NCC1CCOC1. The van der Waals surface area contributed by atoms with Crippen LogP contribution in [-0.2, 0) is 11.2 Å². The van der Waals surface area contributed by atoms with E-state index < -0.39 is 0 Å². The first-order valence-electron chi connectivity index (χ1n) is 6.29. The summed E-state index contributed by atoms with van der Waals surface area (Å²) in [4.78, 5) is 0. The third-order valence-electron chi connectivity index (χ3n) is 3.21. The van der Waals surface area contributed by atoms with Crippen molar-refractivity contribution in [2.45, 2.75) is 25.8 Å². The van der Waals surface area contributed by atoms with Crippen LogP contribution in [0.5, 0.6) is 0 Å². The van der Waals surface area contributed by atoms with Gasteiger partial charge in [-0.25, -0.2) is 0 Å². The van der Waals surface area contributed by atoms with Crippen LogP contribution in [-0.4, -0.2) is 25.8 Å². The second kappa shape index (κ2) is 6.39. The van der Waals surface area contributed by atoms with Crippen LogP contribution in [0.2, 0.25) is 5.02 Å². The van der Waals surface area contributed by atoms with Crippen molar-refractivity contribution >= 4 is 11.6 Å². The van der Waals surface area contributed by atoms with Gasteiger partial charge in [0, 0.05) is 24.2 Å². The minimum Gasteiger partial charge on any atom is -0.381 e. The first kappa shape index (κ1) is 12.9. The molecule has 2 rings (SSSR count). The number of benzene rings is 1. The minimum atomic E-state index is 0.481. The van der Waals surface area contributed by atoms with Crippen LogP contribution in [0.1, 0.15) is 18.9 Å². The zero-order chi connectivity index (χ0) is 12.1. The van der Waals surface area contributed by atoms with E-state index in [1.165, 1.54) is 12.0 Å². The predicted octanol–water partition coefficient (Wildman–Crippen LogP) is 2.90. The van der Waals surface area contributed by atoms with Gasteiger partial charge in [-0.05, 0) is 43.4 Å². The molecular weight excluding hydrogens is 234 g/mol. The highest BCUT2D eigenvalue weighted by Gasteiger charge is 2.16. The lowest BCUT2D eigenvalue weighted by atomic mass is 10.1. The molecule has 2 nitrogen and oxygen atoms in total. The van der Waals surface area contributed by atoms with Gasteiger partial charge in [-0.15, -0.1) is 0 Å². The summed E-state index contributed by atoms with van der Waals surface area (Å²) in [5.41, 5.74) is 1.29. The molecule has 0 aromatic heterocycles. The van der Waals surface area contributed by atoms with Gasteiger partial charge in [-0.2, -0.15) is 0 Å². The van der Waals surface area contributed by atoms with Crippen molar-refractivity contribution in [3.05, 3.63) is 34.9 Å². The second-order valence-corrected chi connectivity index (χ2v) is 5.31. The van der Waals surface area contributed by atoms with E-state index in [9.17, 15) is 0 Å². The van der Waals surface area contributed by atoms with Crippen LogP contribution >= 0.6 is 11.6 Å². The van der Waals surface area contributed by atoms with Gasteiger partial charge < -0.3 is 10.1 Å². The molecular formula is C14H20ClNO. The molecule has 1 heterocycles. The maximum absolute atomic E-state index is 5.97. The van der Waals surface area contributed by atoms with Crippen LogP contribution in [0.3, 0.4) is 0 Å². The van der Waals surface area contributed by atoms with Crippen LogP contribution < -0.4 is 5.32 Å². The largest absolute Gasteiger partial charge is 0.381 e. The number of halogens is 1. The average Bonchev–Trinajstić information content (AvgIpc) is 2.79. The molecule has 1 saturated heterocycles. The van der Waals surface area contributed by atoms with Gasteiger partial charge in [0.25, 0.3) is 0 Å². The summed E-state index contributed by atoms with van der Waals surface area (Å²) in [6.07, 6.45) is 2.21. The molecule has 1 aromatic carbocycles. The van der Waals surface area contributed by atoms with Crippen molar-refractivity contribution in [1.82, 2.24) is 5.32 Å². The Labute approximate surface area is 108 Å². The van der Waals surface area contributed by atoms with Gasteiger partial charge in [-0.1, -0.05) is 23.7 Å². The van der Waals surface area contributed by atoms with Crippen molar-refractivity contribution in [2.75, 3.05) is 19.8 Å². The van der Waals surface area contributed by atoms with Crippen LogP contribution in [0.4, 0.5) is 0 Å². The van der Waals surface area contributed by atoms with Crippen molar-refractivity contribution in [1.29, 1.82) is 0 Å². The molecule has 94 valence electrons. The zero-order valence-electron chi connectivity index (χ0n) is 10.3. The first-order valence-corrected chi connectivity index (χ1v) is 6.67. The van der Waals surface area contributed by atoms with E-state index in [1.807, 2.05) is 18.2 Å². The highest BCUT2D eigenvalue weighted by Crippen LogP contribution is 2.13. The van der Waals surface area contributed by atoms with E-state index in [4.69, 9.17) is 16.3 Å². The number of ether oxygens (including phenoxy) is 1. The summed E-state index contributed by atoms with van der Waals surface area (Å²) in [5, 5.41) is 4.39. The summed E-state index contributed by atoms with van der Waals surface area (Å²) in [6, 6.07) is 8.57. The lowest BCUT2D eigenvalue weighted by Crippen LogP contribution is -2.32. The number of nitrogens with one attached hydrogen (secondary N) is 1. The molecule has 0 amide bonds. The molecule has 1 N–H and O–H groups in total.